The van der Waals surface area contributed by atoms with E-state index in [9.17, 15) is 4.79 Å². The molecular weight excluding hydrogens is 529 g/mol. The van der Waals surface area contributed by atoms with E-state index in [0.717, 1.165) is 22.3 Å². The number of aromatic nitrogens is 3. The third-order valence-electron chi connectivity index (χ3n) is 3.86. The minimum absolute atomic E-state index is 0.0976. The molecule has 6 nitrogen and oxygen atoms in total. The molecule has 0 saturated heterocycles. The second-order valence-electron chi connectivity index (χ2n) is 5.51. The summed E-state index contributed by atoms with van der Waals surface area (Å²) < 4.78 is 2.63. The van der Waals surface area contributed by atoms with Gasteiger partial charge in [-0.3, -0.25) is 8.77 Å². The molecule has 1 amide bonds. The van der Waals surface area contributed by atoms with Crippen molar-refractivity contribution in [1.29, 1.82) is 5.26 Å². The molecule has 0 unspecified atom stereocenters. The summed E-state index contributed by atoms with van der Waals surface area (Å²) in [5.74, 6) is -0.0976. The minimum atomic E-state index is -0.0976. The van der Waals surface area contributed by atoms with Gasteiger partial charge in [-0.2, -0.15) is 5.26 Å². The maximum absolute atomic E-state index is 12.4. The zero-order valence-corrected chi connectivity index (χ0v) is 18.2. The molecule has 26 heavy (non-hydrogen) atoms. The molecule has 0 bridgehead atoms. The van der Waals surface area contributed by atoms with Crippen molar-refractivity contribution in [1.82, 2.24) is 18.8 Å². The van der Waals surface area contributed by atoms with Gasteiger partial charge in [0.1, 0.15) is 10.1 Å². The zero-order chi connectivity index (χ0) is 18.7. The lowest BCUT2D eigenvalue weighted by Crippen LogP contribution is -2.27. The summed E-state index contributed by atoms with van der Waals surface area (Å²) in [5.41, 5.74) is 4.10. The summed E-state index contributed by atoms with van der Waals surface area (Å²) in [6.45, 7) is 0.418. The Labute approximate surface area is 175 Å². The molecule has 1 aromatic carbocycles. The number of fused-ring (bicyclic) bond motifs is 1. The van der Waals surface area contributed by atoms with Crippen LogP contribution >= 0.6 is 46.3 Å². The molecule has 0 aliphatic heterocycles. The van der Waals surface area contributed by atoms with Crippen LogP contribution in [0.1, 0.15) is 16.8 Å². The van der Waals surface area contributed by atoms with Crippen LogP contribution in [-0.4, -0.2) is 38.3 Å². The quantitative estimate of drug-likeness (QED) is 0.438. The molecule has 0 radical (unpaired) electrons. The van der Waals surface area contributed by atoms with Crippen molar-refractivity contribution in [3.05, 3.63) is 46.8 Å². The van der Waals surface area contributed by atoms with E-state index in [4.69, 9.17) is 5.26 Å². The largest absolute Gasteiger partial charge is 0.341 e. The molecular formula is C17H13BrIN5OS. The van der Waals surface area contributed by atoms with Crippen molar-refractivity contribution in [2.24, 2.45) is 0 Å². The Hall–Kier alpha value is -1.64. The molecule has 0 saturated carbocycles. The number of hydrogen-bond donors (Lipinski definition) is 0. The zero-order valence-electron chi connectivity index (χ0n) is 13.7. The number of nitrogens with zero attached hydrogens (tertiary/aromatic N) is 5. The molecule has 0 aliphatic carbocycles. The minimum Gasteiger partial charge on any atom is -0.341 e. The SMILES string of the molecule is CN(CCC#N)C(=O)c1ccc(-c2cn(SI)c3ncc(Br)nc23)cc1. The molecule has 0 fully saturated rings. The Morgan fingerprint density at radius 2 is 2.15 bits per heavy atom. The van der Waals surface area contributed by atoms with Gasteiger partial charge in [-0.15, -0.1) is 0 Å². The van der Waals surface area contributed by atoms with Gasteiger partial charge in [0.15, 0.2) is 5.65 Å². The molecule has 3 rings (SSSR count). The number of halogens is 2. The molecule has 0 atom stereocenters. The fourth-order valence-corrected chi connectivity index (χ4v) is 4.06. The standard InChI is InChI=1S/C17H13BrIN5OS/c1-23(8-2-7-20)17(25)12-5-3-11(4-6-12)13-10-24(26-19)16-15(13)22-14(18)9-21-16/h3-6,9-10H,2,8H2,1H3. The van der Waals surface area contributed by atoms with Crippen molar-refractivity contribution >= 4 is 63.3 Å². The summed E-state index contributed by atoms with van der Waals surface area (Å²) in [7, 11) is 3.22. The van der Waals surface area contributed by atoms with E-state index in [1.165, 1.54) is 9.12 Å². The highest BCUT2D eigenvalue weighted by Crippen LogP contribution is 2.33. The topological polar surface area (TPSA) is 74.8 Å². The number of carbonyl (C=O) groups is 1. The van der Waals surface area contributed by atoms with Crippen LogP contribution in [0.5, 0.6) is 0 Å². The number of amides is 1. The summed E-state index contributed by atoms with van der Waals surface area (Å²) in [6, 6.07) is 9.46. The summed E-state index contributed by atoms with van der Waals surface area (Å²) >= 11 is 5.57. The number of benzene rings is 1. The van der Waals surface area contributed by atoms with Crippen LogP contribution in [0.3, 0.4) is 0 Å². The van der Waals surface area contributed by atoms with Crippen molar-refractivity contribution in [2.45, 2.75) is 6.42 Å². The monoisotopic (exact) mass is 541 g/mol. The molecule has 9 heteroatoms. The van der Waals surface area contributed by atoms with Crippen LogP contribution < -0.4 is 0 Å². The molecule has 2 aromatic heterocycles. The first-order valence-electron chi connectivity index (χ1n) is 7.60. The molecule has 0 spiro atoms. The number of hydrogen-bond acceptors (Lipinski definition) is 5. The van der Waals surface area contributed by atoms with E-state index >= 15 is 0 Å². The third kappa shape index (κ3) is 3.87. The van der Waals surface area contributed by atoms with Crippen LogP contribution in [0.4, 0.5) is 0 Å². The summed E-state index contributed by atoms with van der Waals surface area (Å²) in [6.07, 6.45) is 3.99. The predicted molar refractivity (Wildman–Crippen MR) is 115 cm³/mol. The lowest BCUT2D eigenvalue weighted by atomic mass is 10.1. The lowest BCUT2D eigenvalue weighted by Gasteiger charge is -2.15. The fraction of sp³-hybridized carbons (Fsp3) is 0.176. The number of nitriles is 1. The van der Waals surface area contributed by atoms with E-state index in [1.807, 2.05) is 28.4 Å². The Balaban J connectivity index is 1.94. The van der Waals surface area contributed by atoms with Gasteiger partial charge in [0, 0.05) is 61.2 Å². The Morgan fingerprint density at radius 3 is 2.81 bits per heavy atom. The van der Waals surface area contributed by atoms with Crippen molar-refractivity contribution in [2.75, 3.05) is 13.6 Å². The van der Waals surface area contributed by atoms with Crippen LogP contribution in [0, 0.1) is 11.3 Å². The highest BCUT2D eigenvalue weighted by molar-refractivity contribution is 14.2. The molecule has 3 aromatic rings. The van der Waals surface area contributed by atoms with Gasteiger partial charge in [0.2, 0.25) is 0 Å². The van der Waals surface area contributed by atoms with E-state index < -0.39 is 0 Å². The van der Waals surface area contributed by atoms with Crippen molar-refractivity contribution in [3.8, 4) is 17.2 Å². The Bertz CT molecular complexity index is 999. The predicted octanol–water partition coefficient (Wildman–Crippen LogP) is 4.69. The fourth-order valence-electron chi connectivity index (χ4n) is 2.54. The highest BCUT2D eigenvalue weighted by atomic mass is 127. The molecule has 132 valence electrons. The van der Waals surface area contributed by atoms with Gasteiger partial charge >= 0.3 is 0 Å². The maximum Gasteiger partial charge on any atom is 0.253 e. The highest BCUT2D eigenvalue weighted by Gasteiger charge is 2.15. The van der Waals surface area contributed by atoms with E-state index in [0.29, 0.717) is 23.1 Å². The van der Waals surface area contributed by atoms with Gasteiger partial charge in [-0.05, 0) is 33.6 Å². The maximum atomic E-state index is 12.4. The molecule has 0 aliphatic rings. The first-order valence-corrected chi connectivity index (χ1v) is 11.7. The summed E-state index contributed by atoms with van der Waals surface area (Å²) in [5, 5.41) is 8.65. The van der Waals surface area contributed by atoms with Gasteiger partial charge in [0.25, 0.3) is 5.91 Å². The van der Waals surface area contributed by atoms with Crippen LogP contribution in [-0.2, 0) is 0 Å². The molecule has 0 N–H and O–H groups in total. The Kier molecular flexibility index (Phi) is 6.16. The van der Waals surface area contributed by atoms with Crippen LogP contribution in [0.15, 0.2) is 41.3 Å². The average molecular weight is 542 g/mol. The smallest absolute Gasteiger partial charge is 0.253 e. The number of rotatable bonds is 5. The lowest BCUT2D eigenvalue weighted by molar-refractivity contribution is 0.0798. The van der Waals surface area contributed by atoms with Gasteiger partial charge in [0.05, 0.1) is 18.7 Å². The van der Waals surface area contributed by atoms with Crippen molar-refractivity contribution < 1.29 is 4.79 Å². The first-order chi connectivity index (χ1) is 12.5. The molecule has 2 heterocycles. The van der Waals surface area contributed by atoms with E-state index in [1.54, 1.807) is 30.3 Å². The van der Waals surface area contributed by atoms with Crippen LogP contribution in [0.2, 0.25) is 0 Å². The van der Waals surface area contributed by atoms with Gasteiger partial charge < -0.3 is 4.90 Å². The first kappa shape index (κ1) is 19.1. The van der Waals surface area contributed by atoms with Gasteiger partial charge in [-0.25, -0.2) is 9.97 Å². The van der Waals surface area contributed by atoms with Gasteiger partial charge in [-0.1, -0.05) is 12.1 Å². The normalized spacial score (nSPS) is 10.7. The van der Waals surface area contributed by atoms with E-state index in [2.05, 4.69) is 47.1 Å². The van der Waals surface area contributed by atoms with Crippen molar-refractivity contribution in [3.63, 3.8) is 0 Å². The number of carbonyl (C=O) groups excluding carboxylic acids is 1. The second-order valence-corrected chi connectivity index (χ2v) is 8.04. The second kappa shape index (κ2) is 8.37. The van der Waals surface area contributed by atoms with E-state index in [-0.39, 0.29) is 5.91 Å². The third-order valence-corrected chi connectivity index (χ3v) is 5.94. The van der Waals surface area contributed by atoms with Crippen LogP contribution in [0.25, 0.3) is 22.3 Å². The average Bonchev–Trinajstić information content (AvgIpc) is 3.03. The Morgan fingerprint density at radius 1 is 1.42 bits per heavy atom. The summed E-state index contributed by atoms with van der Waals surface area (Å²) in [4.78, 5) is 22.9.